The number of aromatic nitrogens is 1. The highest BCUT2D eigenvalue weighted by Crippen LogP contribution is 2.32. The van der Waals surface area contributed by atoms with E-state index in [1.165, 1.54) is 31.5 Å². The molecule has 0 radical (unpaired) electrons. The lowest BCUT2D eigenvalue weighted by Crippen LogP contribution is -2.32. The molecule has 0 saturated carbocycles. The number of pyridine rings is 1. The minimum absolute atomic E-state index is 0.557. The standard InChI is InChI=1S/C13H20N2/c1-3-11(2)15-10-6-8-13(15)12-7-4-5-9-14-12/h4-5,7,9,11,13H,3,6,8,10H2,1-2H3. The van der Waals surface area contributed by atoms with Crippen LogP contribution in [0.1, 0.15) is 44.8 Å². The van der Waals surface area contributed by atoms with Gasteiger partial charge in [0.05, 0.1) is 11.7 Å². The molecule has 2 rings (SSSR count). The Morgan fingerprint density at radius 1 is 1.53 bits per heavy atom. The van der Waals surface area contributed by atoms with Crippen LogP contribution in [0.4, 0.5) is 0 Å². The zero-order valence-electron chi connectivity index (χ0n) is 9.69. The maximum Gasteiger partial charge on any atom is 0.0575 e. The Morgan fingerprint density at radius 3 is 3.07 bits per heavy atom. The van der Waals surface area contributed by atoms with E-state index in [1.54, 1.807) is 0 Å². The predicted molar refractivity (Wildman–Crippen MR) is 62.7 cm³/mol. The molecule has 2 heterocycles. The molecule has 1 aliphatic rings. The van der Waals surface area contributed by atoms with Crippen molar-refractivity contribution in [3.05, 3.63) is 30.1 Å². The molecule has 0 aliphatic carbocycles. The van der Waals surface area contributed by atoms with Crippen molar-refractivity contribution in [2.45, 2.75) is 45.2 Å². The molecule has 1 aromatic heterocycles. The molecule has 2 unspecified atom stereocenters. The summed E-state index contributed by atoms with van der Waals surface area (Å²) in [6, 6.07) is 7.48. The van der Waals surface area contributed by atoms with Gasteiger partial charge in [-0.05, 0) is 44.9 Å². The SMILES string of the molecule is CCC(C)N1CCCC1c1ccccn1. The zero-order chi connectivity index (χ0) is 10.7. The molecule has 0 spiro atoms. The van der Waals surface area contributed by atoms with Crippen LogP contribution in [0.15, 0.2) is 24.4 Å². The van der Waals surface area contributed by atoms with E-state index in [0.717, 1.165) is 0 Å². The van der Waals surface area contributed by atoms with Crippen LogP contribution in [-0.4, -0.2) is 22.5 Å². The summed E-state index contributed by atoms with van der Waals surface area (Å²) in [5.74, 6) is 0. The van der Waals surface area contributed by atoms with Gasteiger partial charge in [0.15, 0.2) is 0 Å². The van der Waals surface area contributed by atoms with E-state index in [4.69, 9.17) is 0 Å². The van der Waals surface area contributed by atoms with Crippen LogP contribution in [0.5, 0.6) is 0 Å². The topological polar surface area (TPSA) is 16.1 Å². The summed E-state index contributed by atoms with van der Waals surface area (Å²) in [6.07, 6.45) is 5.71. The Morgan fingerprint density at radius 2 is 2.40 bits per heavy atom. The third-order valence-corrected chi connectivity index (χ3v) is 3.48. The Bertz CT molecular complexity index is 297. The van der Waals surface area contributed by atoms with Crippen molar-refractivity contribution in [1.82, 2.24) is 9.88 Å². The molecule has 2 heteroatoms. The average molecular weight is 204 g/mol. The van der Waals surface area contributed by atoms with Crippen molar-refractivity contribution in [1.29, 1.82) is 0 Å². The fourth-order valence-corrected chi connectivity index (χ4v) is 2.44. The number of nitrogens with zero attached hydrogens (tertiary/aromatic N) is 2. The third-order valence-electron chi connectivity index (χ3n) is 3.48. The molecule has 82 valence electrons. The Balaban J connectivity index is 2.15. The number of likely N-dealkylation sites (tertiary alicyclic amines) is 1. The first-order valence-corrected chi connectivity index (χ1v) is 5.99. The Hall–Kier alpha value is -0.890. The molecule has 2 nitrogen and oxygen atoms in total. The largest absolute Gasteiger partial charge is 0.292 e. The first kappa shape index (κ1) is 10.6. The highest BCUT2D eigenvalue weighted by Gasteiger charge is 2.29. The molecule has 1 aromatic rings. The monoisotopic (exact) mass is 204 g/mol. The highest BCUT2D eigenvalue weighted by molar-refractivity contribution is 5.10. The Labute approximate surface area is 92.3 Å². The normalized spacial score (nSPS) is 24.3. The van der Waals surface area contributed by atoms with Gasteiger partial charge >= 0.3 is 0 Å². The third kappa shape index (κ3) is 2.20. The van der Waals surface area contributed by atoms with Crippen LogP contribution in [0.2, 0.25) is 0 Å². The smallest absolute Gasteiger partial charge is 0.0575 e. The molecule has 15 heavy (non-hydrogen) atoms. The number of rotatable bonds is 3. The second-order valence-electron chi connectivity index (χ2n) is 4.41. The fraction of sp³-hybridized carbons (Fsp3) is 0.615. The molecular weight excluding hydrogens is 184 g/mol. The maximum absolute atomic E-state index is 4.49. The van der Waals surface area contributed by atoms with Gasteiger partial charge in [-0.1, -0.05) is 13.0 Å². The van der Waals surface area contributed by atoms with Crippen molar-refractivity contribution in [3.63, 3.8) is 0 Å². The molecule has 0 N–H and O–H groups in total. The van der Waals surface area contributed by atoms with E-state index in [1.807, 2.05) is 12.3 Å². The summed E-state index contributed by atoms with van der Waals surface area (Å²) in [4.78, 5) is 7.09. The van der Waals surface area contributed by atoms with Gasteiger partial charge < -0.3 is 0 Å². The van der Waals surface area contributed by atoms with Crippen molar-refractivity contribution in [3.8, 4) is 0 Å². The lowest BCUT2D eigenvalue weighted by molar-refractivity contribution is 0.185. The fourth-order valence-electron chi connectivity index (χ4n) is 2.44. The van der Waals surface area contributed by atoms with E-state index < -0.39 is 0 Å². The van der Waals surface area contributed by atoms with E-state index in [-0.39, 0.29) is 0 Å². The first-order chi connectivity index (χ1) is 7.33. The lowest BCUT2D eigenvalue weighted by atomic mass is 10.1. The quantitative estimate of drug-likeness (QED) is 0.752. The number of hydrogen-bond donors (Lipinski definition) is 0. The highest BCUT2D eigenvalue weighted by atomic mass is 15.2. The second kappa shape index (κ2) is 4.75. The molecular formula is C13H20N2. The summed E-state index contributed by atoms with van der Waals surface area (Å²) in [5, 5.41) is 0. The summed E-state index contributed by atoms with van der Waals surface area (Å²) in [6.45, 7) is 5.82. The minimum atomic E-state index is 0.557. The molecule has 0 aromatic carbocycles. The molecule has 1 aliphatic heterocycles. The van der Waals surface area contributed by atoms with E-state index in [2.05, 4.69) is 35.9 Å². The van der Waals surface area contributed by atoms with E-state index >= 15 is 0 Å². The molecule has 2 atom stereocenters. The van der Waals surface area contributed by atoms with Crippen LogP contribution in [0.25, 0.3) is 0 Å². The van der Waals surface area contributed by atoms with E-state index in [0.29, 0.717) is 12.1 Å². The average Bonchev–Trinajstić information content (AvgIpc) is 2.78. The van der Waals surface area contributed by atoms with Crippen molar-refractivity contribution in [2.24, 2.45) is 0 Å². The zero-order valence-corrected chi connectivity index (χ0v) is 9.69. The van der Waals surface area contributed by atoms with Crippen molar-refractivity contribution < 1.29 is 0 Å². The molecule has 1 saturated heterocycles. The maximum atomic E-state index is 4.49. The van der Waals surface area contributed by atoms with Gasteiger partial charge in [-0.15, -0.1) is 0 Å². The van der Waals surface area contributed by atoms with Crippen molar-refractivity contribution >= 4 is 0 Å². The van der Waals surface area contributed by atoms with Gasteiger partial charge in [0.1, 0.15) is 0 Å². The summed E-state index contributed by atoms with van der Waals surface area (Å²) in [7, 11) is 0. The van der Waals surface area contributed by atoms with Crippen LogP contribution in [0.3, 0.4) is 0 Å². The van der Waals surface area contributed by atoms with Gasteiger partial charge in [-0.25, -0.2) is 0 Å². The lowest BCUT2D eigenvalue weighted by Gasteiger charge is -2.29. The van der Waals surface area contributed by atoms with Crippen molar-refractivity contribution in [2.75, 3.05) is 6.54 Å². The van der Waals surface area contributed by atoms with Gasteiger partial charge in [0.25, 0.3) is 0 Å². The minimum Gasteiger partial charge on any atom is -0.292 e. The van der Waals surface area contributed by atoms with Gasteiger partial charge in [-0.2, -0.15) is 0 Å². The van der Waals surface area contributed by atoms with Crippen LogP contribution in [-0.2, 0) is 0 Å². The van der Waals surface area contributed by atoms with Crippen LogP contribution >= 0.6 is 0 Å². The first-order valence-electron chi connectivity index (χ1n) is 5.99. The molecule has 0 bridgehead atoms. The predicted octanol–water partition coefficient (Wildman–Crippen LogP) is 3.02. The van der Waals surface area contributed by atoms with Gasteiger partial charge in [0.2, 0.25) is 0 Å². The molecule has 0 amide bonds. The van der Waals surface area contributed by atoms with E-state index in [9.17, 15) is 0 Å². The van der Waals surface area contributed by atoms with Gasteiger partial charge in [-0.3, -0.25) is 9.88 Å². The number of hydrogen-bond acceptors (Lipinski definition) is 2. The summed E-state index contributed by atoms with van der Waals surface area (Å²) in [5.41, 5.74) is 1.25. The summed E-state index contributed by atoms with van der Waals surface area (Å²) < 4.78 is 0. The second-order valence-corrected chi connectivity index (χ2v) is 4.41. The van der Waals surface area contributed by atoms with Crippen LogP contribution in [0, 0.1) is 0 Å². The summed E-state index contributed by atoms with van der Waals surface area (Å²) >= 11 is 0. The van der Waals surface area contributed by atoms with Gasteiger partial charge in [0, 0.05) is 12.2 Å². The molecule has 1 fully saturated rings. The Kier molecular flexibility index (Phi) is 3.37. The van der Waals surface area contributed by atoms with Crippen LogP contribution < -0.4 is 0 Å².